The highest BCUT2D eigenvalue weighted by Crippen LogP contribution is 2.32. The fourth-order valence-electron chi connectivity index (χ4n) is 3.14. The number of aryl methyl sites for hydroxylation is 3. The van der Waals surface area contributed by atoms with Crippen molar-refractivity contribution in [1.82, 2.24) is 15.1 Å². The lowest BCUT2D eigenvalue weighted by molar-refractivity contribution is -0.120. The van der Waals surface area contributed by atoms with Crippen LogP contribution in [0.1, 0.15) is 35.7 Å². The molecule has 0 spiro atoms. The van der Waals surface area contributed by atoms with Gasteiger partial charge in [0.2, 0.25) is 11.8 Å². The molecule has 5 nitrogen and oxygen atoms in total. The van der Waals surface area contributed by atoms with Crippen molar-refractivity contribution in [1.29, 1.82) is 0 Å². The van der Waals surface area contributed by atoms with Gasteiger partial charge in [-0.3, -0.25) is 4.79 Å². The van der Waals surface area contributed by atoms with Crippen LogP contribution in [-0.2, 0) is 11.2 Å². The smallest absolute Gasteiger partial charge is 0.226 e. The van der Waals surface area contributed by atoms with Crippen LogP contribution in [-0.4, -0.2) is 22.2 Å². The Labute approximate surface area is 166 Å². The third kappa shape index (κ3) is 4.42. The van der Waals surface area contributed by atoms with Crippen molar-refractivity contribution in [2.75, 3.05) is 6.54 Å². The maximum Gasteiger partial charge on any atom is 0.226 e. The largest absolute Gasteiger partial charge is 0.439 e. The average Bonchev–Trinajstić information content (AvgIpc) is 2.98. The number of carbonyl (C=O) groups excluding carboxylic acids is 1. The summed E-state index contributed by atoms with van der Waals surface area (Å²) in [6.45, 7) is 8.61. The summed E-state index contributed by atoms with van der Waals surface area (Å²) in [6.07, 6.45) is 0.975. The predicted octanol–water partition coefficient (Wildman–Crippen LogP) is 4.66. The topological polar surface area (TPSA) is 56.2 Å². The Morgan fingerprint density at radius 2 is 1.79 bits per heavy atom. The summed E-state index contributed by atoms with van der Waals surface area (Å²) in [6, 6.07) is 16.0. The van der Waals surface area contributed by atoms with Gasteiger partial charge in [-0.2, -0.15) is 9.78 Å². The molecule has 0 aliphatic heterocycles. The Hall–Kier alpha value is -3.08. The molecule has 0 atom stereocenters. The van der Waals surface area contributed by atoms with Gasteiger partial charge in [0.25, 0.3) is 0 Å². The Kier molecular flexibility index (Phi) is 6.14. The van der Waals surface area contributed by atoms with Crippen LogP contribution in [0.2, 0.25) is 0 Å². The lowest BCUT2D eigenvalue weighted by Crippen LogP contribution is -2.22. The highest BCUT2D eigenvalue weighted by atomic mass is 16.5. The molecule has 5 heteroatoms. The highest BCUT2D eigenvalue weighted by molar-refractivity contribution is 5.76. The average molecular weight is 377 g/mol. The minimum absolute atomic E-state index is 0.0341. The van der Waals surface area contributed by atoms with Gasteiger partial charge in [0, 0.05) is 18.5 Å². The molecule has 0 radical (unpaired) electrons. The lowest BCUT2D eigenvalue weighted by atomic mass is 10.1. The molecule has 0 aliphatic rings. The summed E-state index contributed by atoms with van der Waals surface area (Å²) in [7, 11) is 0. The maximum absolute atomic E-state index is 12.0. The first-order valence-corrected chi connectivity index (χ1v) is 9.65. The van der Waals surface area contributed by atoms with E-state index in [1.54, 1.807) is 0 Å². The minimum Gasteiger partial charge on any atom is -0.439 e. The van der Waals surface area contributed by atoms with Gasteiger partial charge in [-0.25, -0.2) is 0 Å². The Morgan fingerprint density at radius 3 is 2.46 bits per heavy atom. The van der Waals surface area contributed by atoms with E-state index >= 15 is 0 Å². The number of rotatable bonds is 7. The van der Waals surface area contributed by atoms with Gasteiger partial charge >= 0.3 is 0 Å². The van der Waals surface area contributed by atoms with E-state index in [1.807, 2.05) is 67.9 Å². The minimum atomic E-state index is 0.0341. The number of benzene rings is 2. The molecule has 0 bridgehead atoms. The molecule has 3 aromatic rings. The maximum atomic E-state index is 12.0. The number of ether oxygens (including phenoxy) is 1. The summed E-state index contributed by atoms with van der Waals surface area (Å²) in [5, 5.41) is 7.59. The number of hydrogen-bond acceptors (Lipinski definition) is 3. The van der Waals surface area contributed by atoms with Crippen LogP contribution >= 0.6 is 0 Å². The van der Waals surface area contributed by atoms with Crippen LogP contribution in [0.4, 0.5) is 0 Å². The Bertz CT molecular complexity index is 958. The molecule has 146 valence electrons. The van der Waals surface area contributed by atoms with Crippen molar-refractivity contribution in [2.24, 2.45) is 0 Å². The summed E-state index contributed by atoms with van der Waals surface area (Å²) >= 11 is 0. The number of nitrogens with zero attached hydrogens (tertiary/aromatic N) is 2. The van der Waals surface area contributed by atoms with E-state index in [4.69, 9.17) is 9.84 Å². The van der Waals surface area contributed by atoms with Crippen molar-refractivity contribution in [3.8, 4) is 17.3 Å². The molecule has 28 heavy (non-hydrogen) atoms. The van der Waals surface area contributed by atoms with Crippen molar-refractivity contribution in [3.05, 3.63) is 70.9 Å². The molecule has 3 rings (SSSR count). The zero-order valence-corrected chi connectivity index (χ0v) is 17.0. The molecule has 1 N–H and O–H groups in total. The van der Waals surface area contributed by atoms with Crippen LogP contribution in [0.25, 0.3) is 5.69 Å². The molecule has 2 aromatic carbocycles. The van der Waals surface area contributed by atoms with Crippen LogP contribution in [0, 0.1) is 20.8 Å². The van der Waals surface area contributed by atoms with Crippen LogP contribution < -0.4 is 10.1 Å². The van der Waals surface area contributed by atoms with Crippen molar-refractivity contribution >= 4 is 5.91 Å². The van der Waals surface area contributed by atoms with E-state index in [2.05, 4.69) is 18.3 Å². The number of amides is 1. The van der Waals surface area contributed by atoms with E-state index in [-0.39, 0.29) is 5.91 Å². The number of nitrogens with one attached hydrogen (secondary N) is 1. The number of aromatic nitrogens is 2. The first-order valence-electron chi connectivity index (χ1n) is 9.65. The molecule has 1 heterocycles. The number of para-hydroxylation sites is 1. The van der Waals surface area contributed by atoms with Crippen LogP contribution in [0.15, 0.2) is 48.5 Å². The van der Waals surface area contributed by atoms with Gasteiger partial charge < -0.3 is 10.1 Å². The van der Waals surface area contributed by atoms with Gasteiger partial charge in [0.15, 0.2) is 0 Å². The van der Waals surface area contributed by atoms with E-state index in [0.29, 0.717) is 25.3 Å². The van der Waals surface area contributed by atoms with Gasteiger partial charge in [-0.05, 0) is 57.9 Å². The molecule has 0 saturated heterocycles. The molecular weight excluding hydrogens is 350 g/mol. The first kappa shape index (κ1) is 19.7. The SMILES string of the molecule is CCNC(=O)CCc1c(C)nn(-c2ccccc2C)c1Oc1ccc(C)cc1. The van der Waals surface area contributed by atoms with E-state index in [1.165, 1.54) is 5.56 Å². The third-order valence-electron chi connectivity index (χ3n) is 4.69. The summed E-state index contributed by atoms with van der Waals surface area (Å²) in [5.41, 5.74) is 5.07. The first-order chi connectivity index (χ1) is 13.5. The summed E-state index contributed by atoms with van der Waals surface area (Å²) in [4.78, 5) is 12.0. The molecular formula is C23H27N3O2. The van der Waals surface area contributed by atoms with Crippen molar-refractivity contribution in [2.45, 2.75) is 40.5 Å². The second-order valence-electron chi connectivity index (χ2n) is 6.94. The summed E-state index contributed by atoms with van der Waals surface area (Å²) < 4.78 is 8.13. The third-order valence-corrected chi connectivity index (χ3v) is 4.69. The quantitative estimate of drug-likeness (QED) is 0.652. The van der Waals surface area contributed by atoms with Crippen LogP contribution in [0.5, 0.6) is 11.6 Å². The second kappa shape index (κ2) is 8.74. The lowest BCUT2D eigenvalue weighted by Gasteiger charge is -2.13. The van der Waals surface area contributed by atoms with E-state index in [9.17, 15) is 4.79 Å². The summed E-state index contributed by atoms with van der Waals surface area (Å²) in [5.74, 6) is 1.45. The predicted molar refractivity (Wildman–Crippen MR) is 111 cm³/mol. The highest BCUT2D eigenvalue weighted by Gasteiger charge is 2.20. The van der Waals surface area contributed by atoms with Crippen molar-refractivity contribution in [3.63, 3.8) is 0 Å². The molecule has 0 fully saturated rings. The zero-order valence-electron chi connectivity index (χ0n) is 17.0. The van der Waals surface area contributed by atoms with Gasteiger partial charge in [0.1, 0.15) is 5.75 Å². The van der Waals surface area contributed by atoms with Gasteiger partial charge in [0.05, 0.1) is 11.4 Å². The molecule has 1 aromatic heterocycles. The van der Waals surface area contributed by atoms with E-state index < -0.39 is 0 Å². The monoisotopic (exact) mass is 377 g/mol. The second-order valence-corrected chi connectivity index (χ2v) is 6.94. The molecule has 1 amide bonds. The van der Waals surface area contributed by atoms with Crippen LogP contribution in [0.3, 0.4) is 0 Å². The van der Waals surface area contributed by atoms with E-state index in [0.717, 1.165) is 28.3 Å². The number of hydrogen-bond donors (Lipinski definition) is 1. The Balaban J connectivity index is 2.02. The standard InChI is InChI=1S/C23H27N3O2/c1-5-24-22(27)15-14-20-18(4)25-26(21-9-7-6-8-17(21)3)23(20)28-19-12-10-16(2)11-13-19/h6-13H,5,14-15H2,1-4H3,(H,24,27). The fourth-order valence-corrected chi connectivity index (χ4v) is 3.14. The van der Waals surface area contributed by atoms with Crippen molar-refractivity contribution < 1.29 is 9.53 Å². The normalized spacial score (nSPS) is 10.7. The van der Waals surface area contributed by atoms with Gasteiger partial charge in [-0.1, -0.05) is 35.9 Å². The molecule has 0 aliphatic carbocycles. The van der Waals surface area contributed by atoms with Gasteiger partial charge in [-0.15, -0.1) is 0 Å². The fraction of sp³-hybridized carbons (Fsp3) is 0.304. The Morgan fingerprint density at radius 1 is 1.07 bits per heavy atom. The number of carbonyl (C=O) groups is 1. The molecule has 0 saturated carbocycles. The molecule has 0 unspecified atom stereocenters. The zero-order chi connectivity index (χ0) is 20.1.